The minimum absolute atomic E-state index is 0.642. The first-order valence-electron chi connectivity index (χ1n) is 6.86. The van der Waals surface area contributed by atoms with E-state index in [2.05, 4.69) is 52.1 Å². The van der Waals surface area contributed by atoms with Gasteiger partial charge >= 0.3 is 0 Å². The van der Waals surface area contributed by atoms with Crippen molar-refractivity contribution in [1.82, 2.24) is 20.1 Å². The Labute approximate surface area is 128 Å². The van der Waals surface area contributed by atoms with Gasteiger partial charge in [0.2, 0.25) is 0 Å². The zero-order valence-corrected chi connectivity index (χ0v) is 14.0. The van der Waals surface area contributed by atoms with E-state index in [-0.39, 0.29) is 0 Å². The topological polar surface area (TPSA) is 42.7 Å². The highest BCUT2D eigenvalue weighted by molar-refractivity contribution is 9.10. The lowest BCUT2D eigenvalue weighted by atomic mass is 10.2. The zero-order chi connectivity index (χ0) is 14.7. The quantitative estimate of drug-likeness (QED) is 0.909. The lowest BCUT2D eigenvalue weighted by Gasteiger charge is -2.12. The highest BCUT2D eigenvalue weighted by Gasteiger charge is 2.13. The molecule has 0 bridgehead atoms. The van der Waals surface area contributed by atoms with E-state index in [0.29, 0.717) is 5.92 Å². The van der Waals surface area contributed by atoms with Crippen LogP contribution in [0.15, 0.2) is 22.9 Å². The first kappa shape index (κ1) is 15.2. The van der Waals surface area contributed by atoms with Crippen molar-refractivity contribution >= 4 is 15.9 Å². The molecule has 4 nitrogen and oxygen atoms in total. The van der Waals surface area contributed by atoms with Crippen molar-refractivity contribution in [1.29, 1.82) is 0 Å². The molecule has 0 spiro atoms. The maximum atomic E-state index is 4.59. The third-order valence-corrected chi connectivity index (χ3v) is 4.33. The third-order valence-electron chi connectivity index (χ3n) is 3.19. The van der Waals surface area contributed by atoms with E-state index in [1.165, 1.54) is 5.56 Å². The number of hydrogen-bond donors (Lipinski definition) is 1. The van der Waals surface area contributed by atoms with Crippen molar-refractivity contribution in [3.05, 3.63) is 39.9 Å². The summed E-state index contributed by atoms with van der Waals surface area (Å²) in [7, 11) is 0. The van der Waals surface area contributed by atoms with Gasteiger partial charge in [0, 0.05) is 12.7 Å². The van der Waals surface area contributed by atoms with Gasteiger partial charge in [0.1, 0.15) is 0 Å². The van der Waals surface area contributed by atoms with Crippen LogP contribution in [0.5, 0.6) is 0 Å². The molecule has 5 heteroatoms. The Kier molecular flexibility index (Phi) is 4.94. The van der Waals surface area contributed by atoms with Crippen LogP contribution in [0.25, 0.3) is 5.69 Å². The van der Waals surface area contributed by atoms with E-state index in [4.69, 9.17) is 0 Å². The summed E-state index contributed by atoms with van der Waals surface area (Å²) < 4.78 is 3.01. The van der Waals surface area contributed by atoms with Gasteiger partial charge in [-0.1, -0.05) is 13.8 Å². The van der Waals surface area contributed by atoms with Gasteiger partial charge in [-0.15, -0.1) is 0 Å². The molecule has 2 aromatic heterocycles. The minimum atomic E-state index is 0.642. The second kappa shape index (κ2) is 6.50. The summed E-state index contributed by atoms with van der Waals surface area (Å²) in [6, 6.07) is 2.05. The van der Waals surface area contributed by atoms with Crippen molar-refractivity contribution in [3.8, 4) is 5.69 Å². The van der Waals surface area contributed by atoms with Crippen LogP contribution in [-0.4, -0.2) is 21.3 Å². The third kappa shape index (κ3) is 3.27. The van der Waals surface area contributed by atoms with Gasteiger partial charge in [-0.25, -0.2) is 4.68 Å². The number of rotatable bonds is 5. The molecule has 0 aliphatic rings. The normalized spacial score (nSPS) is 11.3. The summed E-state index contributed by atoms with van der Waals surface area (Å²) >= 11 is 3.57. The summed E-state index contributed by atoms with van der Waals surface area (Å²) in [6.07, 6.45) is 3.70. The maximum absolute atomic E-state index is 4.59. The lowest BCUT2D eigenvalue weighted by Crippen LogP contribution is -2.20. The molecule has 0 atom stereocenters. The standard InChI is InChI=1S/C15H21BrN4/c1-10(2)7-18-8-13-5-6-17-9-14(13)20-12(4)15(16)11(3)19-20/h5-6,9-10,18H,7-8H2,1-4H3. The van der Waals surface area contributed by atoms with Gasteiger partial charge in [0.15, 0.2) is 0 Å². The van der Waals surface area contributed by atoms with Gasteiger partial charge in [-0.3, -0.25) is 4.98 Å². The summed E-state index contributed by atoms with van der Waals surface area (Å²) in [5.41, 5.74) is 4.34. The highest BCUT2D eigenvalue weighted by Crippen LogP contribution is 2.24. The Morgan fingerprint density at radius 2 is 2.10 bits per heavy atom. The second-order valence-electron chi connectivity index (χ2n) is 5.43. The molecule has 0 aliphatic heterocycles. The number of aromatic nitrogens is 3. The van der Waals surface area contributed by atoms with Crippen LogP contribution in [0.1, 0.15) is 30.8 Å². The van der Waals surface area contributed by atoms with E-state index in [1.807, 2.05) is 30.1 Å². The van der Waals surface area contributed by atoms with Crippen LogP contribution < -0.4 is 5.32 Å². The number of halogens is 1. The van der Waals surface area contributed by atoms with E-state index < -0.39 is 0 Å². The van der Waals surface area contributed by atoms with Crippen LogP contribution in [0, 0.1) is 19.8 Å². The van der Waals surface area contributed by atoms with Crippen LogP contribution in [-0.2, 0) is 6.54 Å². The minimum Gasteiger partial charge on any atom is -0.312 e. The zero-order valence-electron chi connectivity index (χ0n) is 12.4. The molecule has 2 aromatic rings. The lowest BCUT2D eigenvalue weighted by molar-refractivity contribution is 0.551. The molecule has 2 rings (SSSR count). The number of hydrogen-bond acceptors (Lipinski definition) is 3. The first-order valence-corrected chi connectivity index (χ1v) is 7.65. The Bertz CT molecular complexity index is 590. The van der Waals surface area contributed by atoms with Crippen molar-refractivity contribution in [3.63, 3.8) is 0 Å². The highest BCUT2D eigenvalue weighted by atomic mass is 79.9. The largest absolute Gasteiger partial charge is 0.312 e. The fraction of sp³-hybridized carbons (Fsp3) is 0.467. The first-order chi connectivity index (χ1) is 9.50. The number of aryl methyl sites for hydroxylation is 1. The van der Waals surface area contributed by atoms with Gasteiger partial charge in [-0.05, 0) is 53.9 Å². The van der Waals surface area contributed by atoms with Crippen molar-refractivity contribution in [2.24, 2.45) is 5.92 Å². The maximum Gasteiger partial charge on any atom is 0.0877 e. The van der Waals surface area contributed by atoms with Gasteiger partial charge < -0.3 is 5.32 Å². The van der Waals surface area contributed by atoms with Crippen molar-refractivity contribution in [2.45, 2.75) is 34.2 Å². The molecule has 0 unspecified atom stereocenters. The van der Waals surface area contributed by atoms with Gasteiger partial charge in [0.05, 0.1) is 27.7 Å². The summed E-state index contributed by atoms with van der Waals surface area (Å²) in [5, 5.41) is 8.06. The number of nitrogens with one attached hydrogen (secondary N) is 1. The van der Waals surface area contributed by atoms with Crippen molar-refractivity contribution < 1.29 is 0 Å². The molecule has 0 amide bonds. The van der Waals surface area contributed by atoms with E-state index >= 15 is 0 Å². The Hall–Kier alpha value is -1.20. The Balaban J connectivity index is 2.29. The molecule has 0 aliphatic carbocycles. The molecular weight excluding hydrogens is 316 g/mol. The van der Waals surface area contributed by atoms with E-state index in [1.54, 1.807) is 0 Å². The second-order valence-corrected chi connectivity index (χ2v) is 6.22. The SMILES string of the molecule is Cc1nn(-c2cnccc2CNCC(C)C)c(C)c1Br. The molecular formula is C15H21BrN4. The van der Waals surface area contributed by atoms with Gasteiger partial charge in [-0.2, -0.15) is 5.10 Å². The van der Waals surface area contributed by atoms with Crippen molar-refractivity contribution in [2.75, 3.05) is 6.54 Å². The van der Waals surface area contributed by atoms with E-state index in [0.717, 1.165) is 34.6 Å². The predicted molar refractivity (Wildman–Crippen MR) is 85.1 cm³/mol. The van der Waals surface area contributed by atoms with Crippen LogP contribution in [0.4, 0.5) is 0 Å². The van der Waals surface area contributed by atoms with Crippen LogP contribution >= 0.6 is 15.9 Å². The average molecular weight is 337 g/mol. The molecule has 20 heavy (non-hydrogen) atoms. The van der Waals surface area contributed by atoms with Gasteiger partial charge in [0.25, 0.3) is 0 Å². The summed E-state index contributed by atoms with van der Waals surface area (Å²) in [5.74, 6) is 0.642. The predicted octanol–water partition coefficient (Wildman–Crippen LogP) is 3.39. The Morgan fingerprint density at radius 1 is 1.35 bits per heavy atom. The molecule has 2 heterocycles. The van der Waals surface area contributed by atoms with E-state index in [9.17, 15) is 0 Å². The monoisotopic (exact) mass is 336 g/mol. The molecule has 1 N–H and O–H groups in total. The molecule has 0 saturated heterocycles. The molecule has 0 saturated carbocycles. The fourth-order valence-electron chi connectivity index (χ4n) is 2.11. The molecule has 0 aromatic carbocycles. The molecule has 0 fully saturated rings. The van der Waals surface area contributed by atoms with Crippen LogP contribution in [0.3, 0.4) is 0 Å². The number of nitrogens with zero attached hydrogens (tertiary/aromatic N) is 3. The Morgan fingerprint density at radius 3 is 2.70 bits per heavy atom. The number of pyridine rings is 1. The fourth-order valence-corrected chi connectivity index (χ4v) is 2.36. The molecule has 0 radical (unpaired) electrons. The summed E-state index contributed by atoms with van der Waals surface area (Å²) in [6.45, 7) is 10.3. The smallest absolute Gasteiger partial charge is 0.0877 e. The molecule has 108 valence electrons. The summed E-state index contributed by atoms with van der Waals surface area (Å²) in [4.78, 5) is 4.24. The van der Waals surface area contributed by atoms with Crippen LogP contribution in [0.2, 0.25) is 0 Å². The average Bonchev–Trinajstić information content (AvgIpc) is 2.67.